The Morgan fingerprint density at radius 1 is 0.976 bits per heavy atom. The van der Waals surface area contributed by atoms with Gasteiger partial charge in [0.2, 0.25) is 5.95 Å². The Hall–Kier alpha value is -4.00. The summed E-state index contributed by atoms with van der Waals surface area (Å²) < 4.78 is 58.1. The molecule has 4 heterocycles. The Kier molecular flexibility index (Phi) is 7.97. The zero-order valence-corrected chi connectivity index (χ0v) is 23.9. The van der Waals surface area contributed by atoms with Crippen LogP contribution in [0.1, 0.15) is 42.6 Å². The Labute approximate surface area is 240 Å². The molecule has 0 bridgehead atoms. The Bertz CT molecular complexity index is 1520. The van der Waals surface area contributed by atoms with Crippen LogP contribution in [0.4, 0.5) is 34.9 Å². The van der Waals surface area contributed by atoms with Crippen molar-refractivity contribution >= 4 is 23.2 Å². The number of nitrogens with zero attached hydrogens (tertiary/aromatic N) is 6. The average Bonchev–Trinajstić information content (AvgIpc) is 3.48. The van der Waals surface area contributed by atoms with Gasteiger partial charge >= 0.3 is 6.18 Å². The lowest BCUT2D eigenvalue weighted by Gasteiger charge is -2.44. The number of amides is 1. The maximum absolute atomic E-state index is 15.7. The van der Waals surface area contributed by atoms with Crippen LogP contribution >= 0.6 is 0 Å². The second-order valence-corrected chi connectivity index (χ2v) is 11.1. The van der Waals surface area contributed by atoms with E-state index < -0.39 is 34.6 Å². The highest BCUT2D eigenvalue weighted by Gasteiger charge is 2.37. The summed E-state index contributed by atoms with van der Waals surface area (Å²) in [5, 5.41) is 2.59. The number of anilines is 3. The number of aryl methyl sites for hydroxylation is 1. The number of hydrogen-bond acceptors (Lipinski definition) is 7. The molecule has 2 aromatic heterocycles. The van der Waals surface area contributed by atoms with Crippen molar-refractivity contribution in [2.24, 2.45) is 7.05 Å². The monoisotopic (exact) mass is 587 g/mol. The van der Waals surface area contributed by atoms with Gasteiger partial charge in [0.25, 0.3) is 11.5 Å². The predicted molar refractivity (Wildman–Crippen MR) is 152 cm³/mol. The number of benzene rings is 1. The molecule has 9 nitrogen and oxygen atoms in total. The molecular weight excluding hydrogens is 554 g/mol. The molecule has 1 aromatic carbocycles. The molecule has 13 heteroatoms. The van der Waals surface area contributed by atoms with Crippen molar-refractivity contribution in [2.75, 3.05) is 48.3 Å². The number of likely N-dealkylation sites (N-methyl/N-ethyl adjacent to an activating group) is 1. The van der Waals surface area contributed by atoms with Crippen LogP contribution in [0, 0.1) is 5.82 Å². The van der Waals surface area contributed by atoms with E-state index in [0.717, 1.165) is 36.7 Å². The maximum Gasteiger partial charge on any atom is 0.417 e. The molecule has 2 atom stereocenters. The van der Waals surface area contributed by atoms with Crippen molar-refractivity contribution in [1.82, 2.24) is 19.4 Å². The minimum absolute atomic E-state index is 0.0899. The number of carbonyl (C=O) groups is 1. The number of nitrogens with one attached hydrogen (secondary N) is 1. The van der Waals surface area contributed by atoms with Gasteiger partial charge in [-0.1, -0.05) is 0 Å². The fourth-order valence-corrected chi connectivity index (χ4v) is 5.52. The fraction of sp³-hybridized carbons (Fsp3) is 0.448. The minimum Gasteiger partial charge on any atom is -0.367 e. The largest absolute Gasteiger partial charge is 0.417 e. The molecule has 0 saturated carbocycles. The van der Waals surface area contributed by atoms with Crippen LogP contribution in [0.15, 0.2) is 41.6 Å². The van der Waals surface area contributed by atoms with E-state index in [9.17, 15) is 22.8 Å². The van der Waals surface area contributed by atoms with E-state index in [1.165, 1.54) is 31.6 Å². The van der Waals surface area contributed by atoms with Gasteiger partial charge in [-0.05, 0) is 45.9 Å². The molecule has 224 valence electrons. The van der Waals surface area contributed by atoms with Gasteiger partial charge in [-0.3, -0.25) is 14.5 Å². The molecular formula is C29H33F4N7O2. The number of halogens is 4. The average molecular weight is 588 g/mol. The molecule has 5 rings (SSSR count). The quantitative estimate of drug-likeness (QED) is 0.444. The van der Waals surface area contributed by atoms with Crippen LogP contribution in [-0.2, 0) is 13.2 Å². The first-order valence-corrected chi connectivity index (χ1v) is 13.8. The van der Waals surface area contributed by atoms with Gasteiger partial charge in [0.1, 0.15) is 5.82 Å². The Balaban J connectivity index is 1.57. The summed E-state index contributed by atoms with van der Waals surface area (Å²) in [7, 11) is 3.25. The summed E-state index contributed by atoms with van der Waals surface area (Å²) in [6.45, 7) is 6.72. The van der Waals surface area contributed by atoms with Gasteiger partial charge in [-0.25, -0.2) is 14.4 Å². The lowest BCUT2D eigenvalue weighted by atomic mass is 10.0. The highest BCUT2D eigenvalue weighted by atomic mass is 19.4. The number of pyridine rings is 1. The molecule has 0 radical (unpaired) electrons. The van der Waals surface area contributed by atoms with E-state index in [1.807, 2.05) is 30.7 Å². The molecule has 42 heavy (non-hydrogen) atoms. The fourth-order valence-electron chi connectivity index (χ4n) is 5.52. The third kappa shape index (κ3) is 5.83. The zero-order chi connectivity index (χ0) is 30.3. The predicted octanol–water partition coefficient (Wildman–Crippen LogP) is 4.38. The number of alkyl halides is 3. The molecule has 0 spiro atoms. The van der Waals surface area contributed by atoms with Crippen LogP contribution in [0.25, 0.3) is 11.1 Å². The summed E-state index contributed by atoms with van der Waals surface area (Å²) in [5.41, 5.74) is -2.05. The second kappa shape index (κ2) is 11.3. The van der Waals surface area contributed by atoms with Crippen LogP contribution in [-0.4, -0.2) is 70.7 Å². The van der Waals surface area contributed by atoms with Crippen LogP contribution in [0.3, 0.4) is 0 Å². The summed E-state index contributed by atoms with van der Waals surface area (Å²) in [6, 6.07) is 3.27. The summed E-state index contributed by atoms with van der Waals surface area (Å²) in [5.74, 6) is -1.12. The number of hydrogen-bond donors (Lipinski definition) is 1. The van der Waals surface area contributed by atoms with E-state index in [2.05, 4.69) is 20.2 Å². The van der Waals surface area contributed by atoms with E-state index in [-0.39, 0.29) is 23.3 Å². The van der Waals surface area contributed by atoms with Crippen LogP contribution in [0.2, 0.25) is 0 Å². The van der Waals surface area contributed by atoms with E-state index in [4.69, 9.17) is 0 Å². The molecule has 2 saturated heterocycles. The maximum atomic E-state index is 15.7. The van der Waals surface area contributed by atoms with Gasteiger partial charge in [-0.15, -0.1) is 0 Å². The van der Waals surface area contributed by atoms with E-state index >= 15 is 4.39 Å². The number of aromatic nitrogens is 3. The van der Waals surface area contributed by atoms with Gasteiger partial charge < -0.3 is 19.7 Å². The zero-order valence-electron chi connectivity index (χ0n) is 23.9. The SMILES string of the molecule is CC1CN(c2cc(F)c(-c3cnc(N4CCCC4)nc3)cc2NC(=O)c2cn(C)c(=O)cc2C(F)(F)F)CC(C)N1C. The normalized spacial score (nSPS) is 19.8. The van der Waals surface area contributed by atoms with Gasteiger partial charge in [0.05, 0.1) is 22.5 Å². The van der Waals surface area contributed by atoms with E-state index in [1.54, 1.807) is 0 Å². The number of piperazine rings is 1. The van der Waals surface area contributed by atoms with Gasteiger partial charge in [0, 0.05) is 81.1 Å². The standard InChI is InChI=1S/C29H33F4N7O2/c1-17-14-40(15-18(2)38(17)4)25-11-23(30)20(19-12-34-28(35-13-19)39-7-5-6-8-39)9-24(25)36-27(42)21-16-37(3)26(41)10-22(21)29(31,32)33/h9-13,16-18H,5-8,14-15H2,1-4H3,(H,36,42). The highest BCUT2D eigenvalue weighted by molar-refractivity contribution is 6.07. The first-order chi connectivity index (χ1) is 19.8. The molecule has 2 unspecified atom stereocenters. The van der Waals surface area contributed by atoms with Crippen molar-refractivity contribution in [2.45, 2.75) is 44.9 Å². The van der Waals surface area contributed by atoms with Crippen LogP contribution < -0.4 is 20.7 Å². The van der Waals surface area contributed by atoms with Crippen molar-refractivity contribution < 1.29 is 22.4 Å². The molecule has 2 fully saturated rings. The van der Waals surface area contributed by atoms with Gasteiger partial charge in [0.15, 0.2) is 0 Å². The molecule has 0 aliphatic carbocycles. The second-order valence-electron chi connectivity index (χ2n) is 11.1. The van der Waals surface area contributed by atoms with Crippen molar-refractivity contribution in [3.8, 4) is 11.1 Å². The molecule has 2 aliphatic rings. The Morgan fingerprint density at radius 3 is 2.19 bits per heavy atom. The smallest absolute Gasteiger partial charge is 0.367 e. The minimum atomic E-state index is -4.94. The molecule has 1 amide bonds. The van der Waals surface area contributed by atoms with E-state index in [0.29, 0.717) is 36.4 Å². The molecule has 1 N–H and O–H groups in total. The lowest BCUT2D eigenvalue weighted by Crippen LogP contribution is -2.55. The van der Waals surface area contributed by atoms with Crippen molar-refractivity contribution in [1.29, 1.82) is 0 Å². The van der Waals surface area contributed by atoms with Crippen LogP contribution in [0.5, 0.6) is 0 Å². The molecule has 3 aromatic rings. The number of rotatable bonds is 5. The molecule has 2 aliphatic heterocycles. The third-order valence-corrected chi connectivity index (χ3v) is 8.15. The number of carbonyl (C=O) groups excluding carboxylic acids is 1. The topological polar surface area (TPSA) is 86.6 Å². The first kappa shape index (κ1) is 29.5. The van der Waals surface area contributed by atoms with Crippen molar-refractivity contribution in [3.63, 3.8) is 0 Å². The lowest BCUT2D eigenvalue weighted by molar-refractivity contribution is -0.138. The first-order valence-electron chi connectivity index (χ1n) is 13.8. The Morgan fingerprint density at radius 2 is 1.60 bits per heavy atom. The summed E-state index contributed by atoms with van der Waals surface area (Å²) >= 11 is 0. The van der Waals surface area contributed by atoms with Gasteiger partial charge in [-0.2, -0.15) is 13.2 Å². The van der Waals surface area contributed by atoms with Crippen molar-refractivity contribution in [3.05, 3.63) is 64.1 Å². The summed E-state index contributed by atoms with van der Waals surface area (Å²) in [4.78, 5) is 40.3. The third-order valence-electron chi connectivity index (χ3n) is 8.15. The highest BCUT2D eigenvalue weighted by Crippen LogP contribution is 2.37. The summed E-state index contributed by atoms with van der Waals surface area (Å²) in [6.07, 6.45) is 1.00.